The van der Waals surface area contributed by atoms with Gasteiger partial charge in [-0.25, -0.2) is 0 Å². The largest absolute Gasteiger partial charge is 0.394 e. The fraction of sp³-hybridized carbons (Fsp3) is 0.684. The first kappa shape index (κ1) is 16.9. The molecule has 0 radical (unpaired) electrons. The van der Waals surface area contributed by atoms with Crippen molar-refractivity contribution < 1.29 is 9.84 Å². The zero-order valence-corrected chi connectivity index (χ0v) is 14.2. The molecule has 1 aliphatic heterocycles. The average Bonchev–Trinajstić information content (AvgIpc) is 2.89. The lowest BCUT2D eigenvalue weighted by molar-refractivity contribution is -0.0156. The molecule has 0 amide bonds. The SMILES string of the molecule is CN1CCC(N)(CO)C1COC1CCC(c2ccccc2)CC1. The molecule has 2 fully saturated rings. The van der Waals surface area contributed by atoms with E-state index < -0.39 is 5.54 Å². The van der Waals surface area contributed by atoms with Gasteiger partial charge >= 0.3 is 0 Å². The van der Waals surface area contributed by atoms with E-state index in [1.54, 1.807) is 0 Å². The Morgan fingerprint density at radius 1 is 1.22 bits per heavy atom. The Hall–Kier alpha value is -0.940. The van der Waals surface area contributed by atoms with Gasteiger partial charge in [0.1, 0.15) is 0 Å². The van der Waals surface area contributed by atoms with Crippen molar-refractivity contribution in [1.82, 2.24) is 4.90 Å². The molecule has 4 nitrogen and oxygen atoms in total. The summed E-state index contributed by atoms with van der Waals surface area (Å²) < 4.78 is 6.19. The van der Waals surface area contributed by atoms with E-state index >= 15 is 0 Å². The standard InChI is InChI=1S/C19H30N2O2/c1-21-12-11-19(20,14-22)18(21)13-23-17-9-7-16(8-10-17)15-5-3-2-4-6-15/h2-6,16-18,22H,7-14,20H2,1H3. The third-order valence-corrected chi connectivity index (χ3v) is 5.86. The Labute approximate surface area is 139 Å². The van der Waals surface area contributed by atoms with E-state index in [0.717, 1.165) is 25.8 Å². The van der Waals surface area contributed by atoms with E-state index in [-0.39, 0.29) is 12.6 Å². The Morgan fingerprint density at radius 2 is 1.91 bits per heavy atom. The van der Waals surface area contributed by atoms with Gasteiger partial charge in [0.05, 0.1) is 30.9 Å². The molecule has 0 spiro atoms. The number of hydrogen-bond acceptors (Lipinski definition) is 4. The van der Waals surface area contributed by atoms with Crippen molar-refractivity contribution in [3.8, 4) is 0 Å². The van der Waals surface area contributed by atoms with Crippen LogP contribution < -0.4 is 5.73 Å². The molecule has 0 aromatic heterocycles. The molecule has 1 saturated heterocycles. The van der Waals surface area contributed by atoms with Crippen LogP contribution in [0.2, 0.25) is 0 Å². The number of hydrogen-bond donors (Lipinski definition) is 2. The zero-order valence-electron chi connectivity index (χ0n) is 14.2. The molecule has 1 aromatic rings. The van der Waals surface area contributed by atoms with Crippen LogP contribution in [0.1, 0.15) is 43.6 Å². The lowest BCUT2D eigenvalue weighted by atomic mass is 9.83. The molecule has 23 heavy (non-hydrogen) atoms. The summed E-state index contributed by atoms with van der Waals surface area (Å²) in [7, 11) is 2.07. The van der Waals surface area contributed by atoms with Crippen molar-refractivity contribution in [3.63, 3.8) is 0 Å². The number of aliphatic hydroxyl groups excluding tert-OH is 1. The van der Waals surface area contributed by atoms with Gasteiger partial charge in [0.25, 0.3) is 0 Å². The lowest BCUT2D eigenvalue weighted by Crippen LogP contribution is -2.56. The van der Waals surface area contributed by atoms with Crippen LogP contribution in [0.25, 0.3) is 0 Å². The lowest BCUT2D eigenvalue weighted by Gasteiger charge is -2.35. The molecule has 1 saturated carbocycles. The highest BCUT2D eigenvalue weighted by molar-refractivity contribution is 5.19. The molecule has 1 aromatic carbocycles. The van der Waals surface area contributed by atoms with E-state index in [4.69, 9.17) is 10.5 Å². The summed E-state index contributed by atoms with van der Waals surface area (Å²) >= 11 is 0. The van der Waals surface area contributed by atoms with E-state index in [2.05, 4.69) is 42.3 Å². The normalized spacial score (nSPS) is 35.5. The first-order valence-electron chi connectivity index (χ1n) is 8.89. The fourth-order valence-corrected chi connectivity index (χ4v) is 4.14. The van der Waals surface area contributed by atoms with Gasteiger partial charge in [-0.1, -0.05) is 30.3 Å². The first-order valence-corrected chi connectivity index (χ1v) is 8.89. The van der Waals surface area contributed by atoms with Gasteiger partial charge in [0.2, 0.25) is 0 Å². The molecule has 2 unspecified atom stereocenters. The van der Waals surface area contributed by atoms with Gasteiger partial charge in [0.15, 0.2) is 0 Å². The third kappa shape index (κ3) is 3.77. The molecule has 3 N–H and O–H groups in total. The molecule has 1 aliphatic carbocycles. The van der Waals surface area contributed by atoms with Gasteiger partial charge in [-0.2, -0.15) is 0 Å². The number of nitrogens with zero attached hydrogens (tertiary/aromatic N) is 1. The molecular weight excluding hydrogens is 288 g/mol. The highest BCUT2D eigenvalue weighted by atomic mass is 16.5. The minimum absolute atomic E-state index is 0.0338. The summed E-state index contributed by atoms with van der Waals surface area (Å²) in [6.45, 7) is 1.60. The van der Waals surface area contributed by atoms with Crippen LogP contribution in [0.3, 0.4) is 0 Å². The summed E-state index contributed by atoms with van der Waals surface area (Å²) in [5.74, 6) is 0.677. The van der Waals surface area contributed by atoms with Crippen LogP contribution in [0.5, 0.6) is 0 Å². The van der Waals surface area contributed by atoms with Crippen LogP contribution >= 0.6 is 0 Å². The van der Waals surface area contributed by atoms with Gasteiger partial charge in [-0.05, 0) is 50.6 Å². The van der Waals surface area contributed by atoms with Crippen LogP contribution in [-0.2, 0) is 4.74 Å². The summed E-state index contributed by atoms with van der Waals surface area (Å²) in [6.07, 6.45) is 5.81. The summed E-state index contributed by atoms with van der Waals surface area (Å²) in [4.78, 5) is 2.23. The molecule has 0 bridgehead atoms. The minimum atomic E-state index is -0.504. The monoisotopic (exact) mass is 318 g/mol. The highest BCUT2D eigenvalue weighted by Crippen LogP contribution is 2.34. The second kappa shape index (κ2) is 7.31. The van der Waals surface area contributed by atoms with E-state index in [9.17, 15) is 5.11 Å². The Morgan fingerprint density at radius 3 is 2.57 bits per heavy atom. The molecule has 4 heteroatoms. The maximum atomic E-state index is 9.60. The molecule has 2 aliphatic rings. The Balaban J connectivity index is 1.48. The molecule has 128 valence electrons. The maximum absolute atomic E-state index is 9.60. The van der Waals surface area contributed by atoms with Crippen molar-refractivity contribution in [2.45, 2.75) is 55.7 Å². The summed E-state index contributed by atoms with van der Waals surface area (Å²) in [5, 5.41) is 9.60. The predicted octanol–water partition coefficient (Wildman–Crippen LogP) is 2.12. The third-order valence-electron chi connectivity index (χ3n) is 5.86. The van der Waals surface area contributed by atoms with Crippen molar-refractivity contribution in [3.05, 3.63) is 35.9 Å². The Kier molecular flexibility index (Phi) is 5.37. The second-order valence-corrected chi connectivity index (χ2v) is 7.36. The highest BCUT2D eigenvalue weighted by Gasteiger charge is 2.43. The minimum Gasteiger partial charge on any atom is -0.394 e. The number of benzene rings is 1. The van der Waals surface area contributed by atoms with Gasteiger partial charge in [0, 0.05) is 6.54 Å². The molecular formula is C19H30N2O2. The zero-order chi connectivity index (χ0) is 16.3. The molecule has 2 atom stereocenters. The van der Waals surface area contributed by atoms with Crippen LogP contribution in [0, 0.1) is 0 Å². The van der Waals surface area contributed by atoms with E-state index in [0.29, 0.717) is 18.6 Å². The van der Waals surface area contributed by atoms with Crippen molar-refractivity contribution in [1.29, 1.82) is 0 Å². The van der Waals surface area contributed by atoms with Crippen molar-refractivity contribution in [2.75, 3.05) is 26.8 Å². The van der Waals surface area contributed by atoms with Gasteiger partial charge in [-0.15, -0.1) is 0 Å². The average molecular weight is 318 g/mol. The molecule has 3 rings (SSSR count). The smallest absolute Gasteiger partial charge is 0.0644 e. The van der Waals surface area contributed by atoms with Gasteiger partial charge < -0.3 is 15.6 Å². The topological polar surface area (TPSA) is 58.7 Å². The van der Waals surface area contributed by atoms with Crippen LogP contribution in [0.4, 0.5) is 0 Å². The number of rotatable bonds is 5. The van der Waals surface area contributed by atoms with E-state index in [1.807, 2.05) is 0 Å². The Bertz CT molecular complexity index is 487. The number of likely N-dealkylation sites (N-methyl/N-ethyl adjacent to an activating group) is 1. The van der Waals surface area contributed by atoms with Crippen LogP contribution in [0.15, 0.2) is 30.3 Å². The molecule has 1 heterocycles. The van der Waals surface area contributed by atoms with Gasteiger partial charge in [-0.3, -0.25) is 4.90 Å². The number of nitrogens with two attached hydrogens (primary N) is 1. The van der Waals surface area contributed by atoms with Crippen molar-refractivity contribution in [2.24, 2.45) is 5.73 Å². The fourth-order valence-electron chi connectivity index (χ4n) is 4.14. The second-order valence-electron chi connectivity index (χ2n) is 7.36. The summed E-state index contributed by atoms with van der Waals surface area (Å²) in [5.41, 5.74) is 7.29. The van der Waals surface area contributed by atoms with Crippen molar-refractivity contribution >= 4 is 0 Å². The number of ether oxygens (including phenoxy) is 1. The summed E-state index contributed by atoms with van der Waals surface area (Å²) in [6, 6.07) is 10.9. The van der Waals surface area contributed by atoms with Crippen LogP contribution in [-0.4, -0.2) is 54.5 Å². The maximum Gasteiger partial charge on any atom is 0.0644 e. The quantitative estimate of drug-likeness (QED) is 0.873. The number of likely N-dealkylation sites (tertiary alicyclic amines) is 1. The first-order chi connectivity index (χ1) is 11.1. The van der Waals surface area contributed by atoms with E-state index in [1.165, 1.54) is 18.4 Å². The number of aliphatic hydroxyl groups is 1. The predicted molar refractivity (Wildman–Crippen MR) is 92.4 cm³/mol.